The molecule has 0 aromatic heterocycles. The summed E-state index contributed by atoms with van der Waals surface area (Å²) in [6.45, 7) is 1.37. The largest absolute Gasteiger partial charge is 0.497 e. The average molecular weight is 400 g/mol. The van der Waals surface area contributed by atoms with E-state index in [1.165, 1.54) is 45.4 Å². The first-order valence-corrected chi connectivity index (χ1v) is 8.50. The Bertz CT molecular complexity index is 918. The van der Waals surface area contributed by atoms with Gasteiger partial charge in [0.25, 0.3) is 11.6 Å². The van der Waals surface area contributed by atoms with E-state index in [1.807, 2.05) is 0 Å². The fourth-order valence-corrected chi connectivity index (χ4v) is 2.33. The number of ether oxygens (including phenoxy) is 3. The number of nitrogens with zero attached hydrogens (tertiary/aromatic N) is 1. The van der Waals surface area contributed by atoms with Crippen LogP contribution in [0.5, 0.6) is 11.5 Å². The minimum Gasteiger partial charge on any atom is -0.497 e. The molecule has 0 aliphatic carbocycles. The quantitative estimate of drug-likeness (QED) is 0.313. The molecule has 2 rings (SSSR count). The minimum atomic E-state index is -1.16. The van der Waals surface area contributed by atoms with Crippen LogP contribution in [0.4, 0.5) is 11.4 Å². The summed E-state index contributed by atoms with van der Waals surface area (Å²) in [6.07, 6.45) is 1.48. The van der Waals surface area contributed by atoms with Crippen molar-refractivity contribution < 1.29 is 28.7 Å². The Morgan fingerprint density at radius 3 is 2.31 bits per heavy atom. The number of nitro benzene ring substituents is 1. The summed E-state index contributed by atoms with van der Waals surface area (Å²) in [5.41, 5.74) is 0.394. The lowest BCUT2D eigenvalue weighted by atomic mass is 10.2. The topological polar surface area (TPSA) is 117 Å². The van der Waals surface area contributed by atoms with Crippen molar-refractivity contribution in [3.63, 3.8) is 0 Å². The van der Waals surface area contributed by atoms with Crippen LogP contribution in [0.25, 0.3) is 6.08 Å². The van der Waals surface area contributed by atoms with Crippen molar-refractivity contribution in [2.24, 2.45) is 0 Å². The second-order valence-electron chi connectivity index (χ2n) is 5.82. The Morgan fingerprint density at radius 1 is 1.10 bits per heavy atom. The van der Waals surface area contributed by atoms with Gasteiger partial charge in [-0.05, 0) is 36.8 Å². The van der Waals surface area contributed by atoms with Crippen molar-refractivity contribution in [2.45, 2.75) is 13.0 Å². The van der Waals surface area contributed by atoms with Gasteiger partial charge in [0, 0.05) is 18.2 Å². The predicted octanol–water partition coefficient (Wildman–Crippen LogP) is 3.20. The highest BCUT2D eigenvalue weighted by atomic mass is 16.6. The maximum absolute atomic E-state index is 12.2. The Hall–Kier alpha value is -3.88. The van der Waals surface area contributed by atoms with Crippen molar-refractivity contribution in [2.75, 3.05) is 19.5 Å². The molecule has 2 aromatic carbocycles. The van der Waals surface area contributed by atoms with Crippen LogP contribution in [-0.4, -0.2) is 37.1 Å². The molecule has 0 unspecified atom stereocenters. The van der Waals surface area contributed by atoms with Crippen LogP contribution in [0.15, 0.2) is 48.5 Å². The molecule has 9 heteroatoms. The van der Waals surface area contributed by atoms with E-state index in [0.717, 1.165) is 6.08 Å². The molecule has 1 amide bonds. The van der Waals surface area contributed by atoms with Crippen LogP contribution < -0.4 is 14.8 Å². The first kappa shape index (κ1) is 21.4. The van der Waals surface area contributed by atoms with Crippen LogP contribution in [0.1, 0.15) is 12.5 Å². The van der Waals surface area contributed by atoms with Crippen LogP contribution in [-0.2, 0) is 14.3 Å². The molecule has 9 nitrogen and oxygen atoms in total. The molecule has 0 heterocycles. The highest BCUT2D eigenvalue weighted by molar-refractivity contribution is 5.98. The summed E-state index contributed by atoms with van der Waals surface area (Å²) in [5.74, 6) is -0.342. The zero-order valence-corrected chi connectivity index (χ0v) is 16.1. The van der Waals surface area contributed by atoms with Crippen molar-refractivity contribution >= 4 is 29.3 Å². The van der Waals surface area contributed by atoms with Gasteiger partial charge in [-0.3, -0.25) is 14.9 Å². The molecular weight excluding hydrogens is 380 g/mol. The summed E-state index contributed by atoms with van der Waals surface area (Å²) in [5, 5.41) is 13.4. The zero-order chi connectivity index (χ0) is 21.4. The van der Waals surface area contributed by atoms with E-state index >= 15 is 0 Å². The maximum Gasteiger partial charge on any atom is 0.331 e. The number of nitrogens with one attached hydrogen (secondary N) is 1. The molecule has 0 saturated carbocycles. The number of esters is 1. The Labute approximate surface area is 167 Å². The van der Waals surface area contributed by atoms with E-state index in [-0.39, 0.29) is 11.4 Å². The number of carbonyl (C=O) groups excluding carboxylic acids is 2. The van der Waals surface area contributed by atoms with Gasteiger partial charge in [-0.15, -0.1) is 0 Å². The number of amides is 1. The second kappa shape index (κ2) is 9.88. The number of hydrogen-bond acceptors (Lipinski definition) is 7. The molecule has 0 radical (unpaired) electrons. The second-order valence-corrected chi connectivity index (χ2v) is 5.82. The number of nitro groups is 1. The molecule has 29 heavy (non-hydrogen) atoms. The van der Waals surface area contributed by atoms with Crippen LogP contribution in [0, 0.1) is 10.1 Å². The zero-order valence-electron chi connectivity index (χ0n) is 16.1. The molecule has 0 aliphatic rings. The highest BCUT2D eigenvalue weighted by Gasteiger charge is 2.20. The first-order valence-electron chi connectivity index (χ1n) is 8.50. The number of benzene rings is 2. The lowest BCUT2D eigenvalue weighted by molar-refractivity contribution is -0.383. The SMILES string of the molecule is COc1cc(/C=C/C(=O)O[C@H](C)C(=O)Nc2ccccc2[N+](=O)[O-])cc(OC)c1. The monoisotopic (exact) mass is 400 g/mol. The first-order chi connectivity index (χ1) is 13.8. The highest BCUT2D eigenvalue weighted by Crippen LogP contribution is 2.24. The molecule has 2 aromatic rings. The summed E-state index contributed by atoms with van der Waals surface area (Å²) >= 11 is 0. The van der Waals surface area contributed by atoms with E-state index in [0.29, 0.717) is 17.1 Å². The fraction of sp³-hybridized carbons (Fsp3) is 0.200. The van der Waals surface area contributed by atoms with Crippen LogP contribution in [0.3, 0.4) is 0 Å². The Kier molecular flexibility index (Phi) is 7.30. The van der Waals surface area contributed by atoms with Gasteiger partial charge in [-0.1, -0.05) is 12.1 Å². The van der Waals surface area contributed by atoms with E-state index in [9.17, 15) is 19.7 Å². The summed E-state index contributed by atoms with van der Waals surface area (Å²) < 4.78 is 15.4. The Morgan fingerprint density at radius 2 is 1.72 bits per heavy atom. The number of rotatable bonds is 8. The number of para-hydroxylation sites is 2. The molecule has 0 bridgehead atoms. The molecule has 1 atom stereocenters. The van der Waals surface area contributed by atoms with E-state index in [4.69, 9.17) is 14.2 Å². The van der Waals surface area contributed by atoms with Gasteiger partial charge in [-0.2, -0.15) is 0 Å². The third-order valence-corrected chi connectivity index (χ3v) is 3.81. The number of carbonyl (C=O) groups is 2. The smallest absolute Gasteiger partial charge is 0.331 e. The molecular formula is C20H20N2O7. The van der Waals surface area contributed by atoms with Gasteiger partial charge in [0.15, 0.2) is 6.10 Å². The predicted molar refractivity (Wildman–Crippen MR) is 106 cm³/mol. The van der Waals surface area contributed by atoms with Crippen molar-refractivity contribution in [1.82, 2.24) is 0 Å². The standard InChI is InChI=1S/C20H20N2O7/c1-13(20(24)21-17-6-4-5-7-18(17)22(25)26)29-19(23)9-8-14-10-15(27-2)12-16(11-14)28-3/h4-13H,1-3H3,(H,21,24)/b9-8+/t13-/m1/s1. The van der Waals surface area contributed by atoms with Crippen molar-refractivity contribution in [1.29, 1.82) is 0 Å². The number of anilines is 1. The van der Waals surface area contributed by atoms with E-state index < -0.39 is 22.9 Å². The van der Waals surface area contributed by atoms with Gasteiger partial charge < -0.3 is 19.5 Å². The van der Waals surface area contributed by atoms with E-state index in [2.05, 4.69) is 5.32 Å². The third kappa shape index (κ3) is 6.06. The number of methoxy groups -OCH3 is 2. The lowest BCUT2D eigenvalue weighted by Crippen LogP contribution is -2.29. The molecule has 0 fully saturated rings. The van der Waals surface area contributed by atoms with Crippen molar-refractivity contribution in [3.8, 4) is 11.5 Å². The van der Waals surface area contributed by atoms with Gasteiger partial charge >= 0.3 is 5.97 Å². The molecule has 0 spiro atoms. The van der Waals surface area contributed by atoms with Gasteiger partial charge in [0.2, 0.25) is 0 Å². The average Bonchev–Trinajstić information content (AvgIpc) is 2.72. The molecule has 1 N–H and O–H groups in total. The summed E-state index contributed by atoms with van der Waals surface area (Å²) in [7, 11) is 3.02. The molecule has 0 saturated heterocycles. The minimum absolute atomic E-state index is 0.0180. The van der Waals surface area contributed by atoms with Gasteiger partial charge in [-0.25, -0.2) is 4.79 Å². The van der Waals surface area contributed by atoms with Crippen molar-refractivity contribution in [3.05, 3.63) is 64.2 Å². The third-order valence-electron chi connectivity index (χ3n) is 3.81. The van der Waals surface area contributed by atoms with Crippen LogP contribution in [0.2, 0.25) is 0 Å². The summed E-state index contributed by atoms with van der Waals surface area (Å²) in [6, 6.07) is 10.7. The molecule has 0 aliphatic heterocycles. The van der Waals surface area contributed by atoms with Gasteiger partial charge in [0.05, 0.1) is 19.1 Å². The lowest BCUT2D eigenvalue weighted by Gasteiger charge is -2.12. The normalized spacial score (nSPS) is 11.6. The Balaban J connectivity index is 2.01. The van der Waals surface area contributed by atoms with Crippen LogP contribution >= 0.6 is 0 Å². The number of hydrogen-bond donors (Lipinski definition) is 1. The molecule has 152 valence electrons. The maximum atomic E-state index is 12.2. The summed E-state index contributed by atoms with van der Waals surface area (Å²) in [4.78, 5) is 34.6. The van der Waals surface area contributed by atoms with Gasteiger partial charge in [0.1, 0.15) is 17.2 Å². The van der Waals surface area contributed by atoms with E-state index in [1.54, 1.807) is 24.3 Å². The fourth-order valence-electron chi connectivity index (χ4n) is 2.33.